The quantitative estimate of drug-likeness (QED) is 0.0980. The van der Waals surface area contributed by atoms with Crippen LogP contribution in [0.1, 0.15) is 23.6 Å². The Labute approximate surface area is 448 Å². The predicted octanol–water partition coefficient (Wildman–Crippen LogP) is 16.5. The summed E-state index contributed by atoms with van der Waals surface area (Å²) in [5.74, 6) is 0. The minimum absolute atomic E-state index is 0. The summed E-state index contributed by atoms with van der Waals surface area (Å²) in [6, 6.07) is 98.0. The van der Waals surface area contributed by atoms with Gasteiger partial charge in [-0.1, -0.05) is 223 Å². The Morgan fingerprint density at radius 3 is 1.39 bits per heavy atom. The molecule has 5 heteroatoms. The van der Waals surface area contributed by atoms with E-state index >= 15 is 0 Å². The van der Waals surface area contributed by atoms with Crippen LogP contribution in [0.5, 0.6) is 0 Å². The number of para-hydroxylation sites is 4. The molecule has 4 heterocycles. The van der Waals surface area contributed by atoms with Crippen LogP contribution < -0.4 is 4.57 Å². The first-order valence-electron chi connectivity index (χ1n) is 25.1. The maximum atomic E-state index is 4.55. The van der Waals surface area contributed by atoms with Crippen molar-refractivity contribution in [3.8, 4) is 5.69 Å². The summed E-state index contributed by atoms with van der Waals surface area (Å²) in [4.78, 5) is 4.55. The SMILES string of the molecule is CC(c1[c-]c2c(cc1)c1ccccc1c1ccccc1c1cccc3c1n2[c-][n+]3-c1ccccc1)(c1ccccc1)c1ccccc1.[Pt+4].[c-]1cccc2c3ccccc3c3ccccc3c3cccc4n[c-]n(c12)c43. The molecule has 354 valence electrons. The van der Waals surface area contributed by atoms with Crippen molar-refractivity contribution in [1.82, 2.24) is 13.8 Å². The van der Waals surface area contributed by atoms with Gasteiger partial charge in [0.25, 0.3) is 6.33 Å². The third-order valence-corrected chi connectivity index (χ3v) is 15.1. The number of imidazole rings is 2. The topological polar surface area (TPSA) is 25.6 Å². The van der Waals surface area contributed by atoms with Gasteiger partial charge in [-0.3, -0.25) is 4.57 Å². The van der Waals surface area contributed by atoms with Crippen LogP contribution in [0.2, 0.25) is 0 Å². The average Bonchev–Trinajstić information content (AvgIpc) is 4.12. The summed E-state index contributed by atoms with van der Waals surface area (Å²) in [5, 5.41) is 14.2. The van der Waals surface area contributed by atoms with Crippen molar-refractivity contribution in [1.29, 1.82) is 0 Å². The Balaban J connectivity index is 0.000000163. The van der Waals surface area contributed by atoms with E-state index in [9.17, 15) is 0 Å². The molecule has 11 aromatic carbocycles. The van der Waals surface area contributed by atoms with Crippen LogP contribution in [0.3, 0.4) is 0 Å². The molecule has 0 saturated carbocycles. The van der Waals surface area contributed by atoms with Crippen molar-refractivity contribution < 1.29 is 25.6 Å². The predicted molar refractivity (Wildman–Crippen MR) is 306 cm³/mol. The van der Waals surface area contributed by atoms with Crippen molar-refractivity contribution in [2.75, 3.05) is 0 Å². The largest absolute Gasteiger partial charge is 4.00 e. The molecule has 0 bridgehead atoms. The number of rotatable bonds is 4. The van der Waals surface area contributed by atoms with Crippen LogP contribution >= 0.6 is 0 Å². The van der Waals surface area contributed by atoms with E-state index in [0.29, 0.717) is 0 Å². The molecular weight excluding hydrogens is 1090 g/mol. The van der Waals surface area contributed by atoms with Gasteiger partial charge in [-0.05, 0) is 89.8 Å². The van der Waals surface area contributed by atoms with E-state index in [1.54, 1.807) is 0 Å². The van der Waals surface area contributed by atoms with Crippen molar-refractivity contribution in [3.63, 3.8) is 0 Å². The molecule has 0 unspecified atom stereocenters. The molecule has 0 aliphatic heterocycles. The van der Waals surface area contributed by atoms with Gasteiger partial charge in [-0.25, -0.2) is 6.07 Å². The zero-order chi connectivity index (χ0) is 49.2. The molecule has 75 heavy (non-hydrogen) atoms. The summed E-state index contributed by atoms with van der Waals surface area (Å²) < 4.78 is 6.50. The maximum absolute atomic E-state index is 4.55. The van der Waals surface area contributed by atoms with Gasteiger partial charge >= 0.3 is 21.1 Å². The monoisotopic (exact) mass is 1140 g/mol. The Morgan fingerprint density at radius 2 is 0.827 bits per heavy atom. The van der Waals surface area contributed by atoms with Crippen LogP contribution in [0.4, 0.5) is 0 Å². The maximum Gasteiger partial charge on any atom is 4.00 e. The van der Waals surface area contributed by atoms with E-state index in [2.05, 4.69) is 287 Å². The minimum Gasteiger partial charge on any atom is -0.447 e. The molecule has 0 amide bonds. The normalized spacial score (nSPS) is 11.7. The fourth-order valence-corrected chi connectivity index (χ4v) is 11.5. The fraction of sp³-hybridized carbons (Fsp3) is 0.0286. The molecule has 0 aliphatic carbocycles. The number of hydrogen-bond donors (Lipinski definition) is 0. The van der Waals surface area contributed by atoms with E-state index in [0.717, 1.165) is 60.5 Å². The Bertz CT molecular complexity index is 4600. The number of nitrogens with zero attached hydrogens (tertiary/aromatic N) is 4. The van der Waals surface area contributed by atoms with Crippen molar-refractivity contribution in [3.05, 3.63) is 296 Å². The molecule has 0 atom stereocenters. The summed E-state index contributed by atoms with van der Waals surface area (Å²) in [7, 11) is 0. The average molecular weight is 1140 g/mol. The van der Waals surface area contributed by atoms with E-state index in [-0.39, 0.29) is 21.1 Å². The number of hydrogen-bond acceptors (Lipinski definition) is 1. The molecule has 15 rings (SSSR count). The van der Waals surface area contributed by atoms with Crippen LogP contribution in [-0.4, -0.2) is 13.8 Å². The molecular formula is C70H45N4Pt+. The third-order valence-electron chi connectivity index (χ3n) is 15.1. The molecule has 0 saturated heterocycles. The standard InChI is InChI=1S/C45H31N2.C25H14N2.Pt/c1-45(32-16-5-2-6-17-32,33-18-7-3-8-19-33)34-28-29-40-38-24-13-11-22-36(38)37-23-12-14-25-39(37)41-26-15-27-42-44(41)47(43(40)30-34)31-46(42)35-20-9-4-10-21-35;1-3-10-19-17(8-1)18-9-2-4-11-20(18)22-13-7-14-23-25(22)27(16-26-23)24-15-6-5-12-21(19)24;/h2-29H,1H3;1-14H;/q-1;-2;+4. The van der Waals surface area contributed by atoms with Gasteiger partial charge < -0.3 is 13.8 Å². The molecule has 15 aromatic rings. The zero-order valence-corrected chi connectivity index (χ0v) is 43.1. The molecule has 0 spiro atoms. The zero-order valence-electron chi connectivity index (χ0n) is 40.9. The third kappa shape index (κ3) is 7.47. The van der Waals surface area contributed by atoms with Gasteiger partial charge in [0.1, 0.15) is 0 Å². The second-order valence-corrected chi connectivity index (χ2v) is 19.1. The second-order valence-electron chi connectivity index (χ2n) is 19.1. The molecule has 0 radical (unpaired) electrons. The Hall–Kier alpha value is -8.95. The van der Waals surface area contributed by atoms with Crippen molar-refractivity contribution in [2.45, 2.75) is 12.3 Å². The Morgan fingerprint density at radius 1 is 0.387 bits per heavy atom. The van der Waals surface area contributed by atoms with Crippen molar-refractivity contribution in [2.24, 2.45) is 0 Å². The minimum atomic E-state index is -0.445. The van der Waals surface area contributed by atoms with Crippen LogP contribution in [0.15, 0.2) is 255 Å². The van der Waals surface area contributed by atoms with Gasteiger partial charge in [-0.2, -0.15) is 42.0 Å². The van der Waals surface area contributed by atoms with E-state index in [1.807, 2.05) is 18.2 Å². The second kappa shape index (κ2) is 18.8. The first-order chi connectivity index (χ1) is 36.6. The van der Waals surface area contributed by atoms with Gasteiger partial charge in [-0.15, -0.1) is 16.3 Å². The van der Waals surface area contributed by atoms with Gasteiger partial charge in [0.15, 0.2) is 0 Å². The number of benzene rings is 11. The molecule has 0 fully saturated rings. The molecule has 0 N–H and O–H groups in total. The van der Waals surface area contributed by atoms with E-state index < -0.39 is 5.41 Å². The molecule has 0 aliphatic rings. The van der Waals surface area contributed by atoms with Gasteiger partial charge in [0, 0.05) is 11.7 Å². The van der Waals surface area contributed by atoms with Crippen LogP contribution in [0, 0.1) is 24.8 Å². The molecule has 4 aromatic heterocycles. The van der Waals surface area contributed by atoms with Crippen molar-refractivity contribution >= 4 is 97.7 Å². The number of aromatic nitrogens is 4. The summed E-state index contributed by atoms with van der Waals surface area (Å²) in [6.07, 6.45) is 7.03. The van der Waals surface area contributed by atoms with E-state index in [4.69, 9.17) is 0 Å². The summed E-state index contributed by atoms with van der Waals surface area (Å²) in [6.45, 7) is 2.32. The van der Waals surface area contributed by atoms with Crippen LogP contribution in [-0.2, 0) is 26.5 Å². The summed E-state index contributed by atoms with van der Waals surface area (Å²) >= 11 is 0. The van der Waals surface area contributed by atoms with E-state index in [1.165, 1.54) is 59.6 Å². The van der Waals surface area contributed by atoms with Gasteiger partial charge in [0.05, 0.1) is 16.7 Å². The first-order valence-corrected chi connectivity index (χ1v) is 25.1. The summed E-state index contributed by atoms with van der Waals surface area (Å²) in [5.41, 5.74) is 10.3. The fourth-order valence-electron chi connectivity index (χ4n) is 11.5. The first kappa shape index (κ1) is 45.9. The smallest absolute Gasteiger partial charge is 0.447 e. The Kier molecular flexibility index (Phi) is 11.5. The molecule has 4 nitrogen and oxygen atoms in total. The van der Waals surface area contributed by atoms with Gasteiger partial charge in [0.2, 0.25) is 0 Å². The number of fused-ring (bicyclic) bond motifs is 14. The van der Waals surface area contributed by atoms with Crippen LogP contribution in [0.25, 0.3) is 103 Å².